The van der Waals surface area contributed by atoms with E-state index in [1.54, 1.807) is 17.7 Å². The van der Waals surface area contributed by atoms with Crippen molar-refractivity contribution in [2.45, 2.75) is 6.54 Å². The molecule has 2 rings (SSSR count). The van der Waals surface area contributed by atoms with Gasteiger partial charge in [-0.25, -0.2) is 4.98 Å². The van der Waals surface area contributed by atoms with Crippen molar-refractivity contribution in [1.29, 1.82) is 0 Å². The molecule has 2 N–H and O–H groups in total. The summed E-state index contributed by atoms with van der Waals surface area (Å²) in [6, 6.07) is 4.08. The zero-order valence-electron chi connectivity index (χ0n) is 7.40. The van der Waals surface area contributed by atoms with Gasteiger partial charge in [-0.3, -0.25) is 0 Å². The summed E-state index contributed by atoms with van der Waals surface area (Å²) in [7, 11) is 1.96. The molecule has 0 aliphatic carbocycles. The Bertz CT molecular complexity index is 389. The molecule has 2 heterocycles. The normalized spacial score (nSPS) is 10.6. The van der Waals surface area contributed by atoms with Gasteiger partial charge in [-0.2, -0.15) is 0 Å². The van der Waals surface area contributed by atoms with Crippen molar-refractivity contribution in [3.8, 4) is 10.6 Å². The summed E-state index contributed by atoms with van der Waals surface area (Å²) in [6.07, 6.45) is 1.80. The molecule has 0 aromatic carbocycles. The molecule has 0 saturated heterocycles. The zero-order chi connectivity index (χ0) is 9.26. The number of aromatic nitrogens is 2. The Labute approximate surface area is 80.8 Å². The molecule has 0 amide bonds. The maximum Gasteiger partial charge on any atom is 0.103 e. The molecule has 0 bridgehead atoms. The fraction of sp³-hybridized carbons (Fsp3) is 0.222. The highest BCUT2D eigenvalue weighted by molar-refractivity contribution is 7.13. The summed E-state index contributed by atoms with van der Waals surface area (Å²) in [6.45, 7) is 0.531. The van der Waals surface area contributed by atoms with Gasteiger partial charge < -0.3 is 10.3 Å². The molecule has 0 atom stereocenters. The summed E-state index contributed by atoms with van der Waals surface area (Å²) >= 11 is 1.69. The monoisotopic (exact) mass is 193 g/mol. The number of hydrogen-bond donors (Lipinski definition) is 1. The Morgan fingerprint density at radius 1 is 1.62 bits per heavy atom. The predicted octanol–water partition coefficient (Wildman–Crippen LogP) is 1.61. The van der Waals surface area contributed by atoms with Crippen molar-refractivity contribution in [1.82, 2.24) is 9.55 Å². The van der Waals surface area contributed by atoms with Crippen LogP contribution < -0.4 is 5.73 Å². The second-order valence-electron chi connectivity index (χ2n) is 2.83. The van der Waals surface area contributed by atoms with Crippen molar-refractivity contribution in [2.24, 2.45) is 12.8 Å². The van der Waals surface area contributed by atoms with E-state index >= 15 is 0 Å². The number of thiophene rings is 1. The van der Waals surface area contributed by atoms with E-state index in [0.29, 0.717) is 6.54 Å². The van der Waals surface area contributed by atoms with Gasteiger partial charge in [0.15, 0.2) is 0 Å². The molecule has 0 aliphatic heterocycles. The van der Waals surface area contributed by atoms with Crippen LogP contribution in [0.3, 0.4) is 0 Å². The Hall–Kier alpha value is -1.13. The molecule has 0 unspecified atom stereocenters. The Balaban J connectivity index is 2.52. The smallest absolute Gasteiger partial charge is 0.103 e. The van der Waals surface area contributed by atoms with Crippen molar-refractivity contribution < 1.29 is 0 Å². The van der Waals surface area contributed by atoms with Crippen LogP contribution >= 0.6 is 11.3 Å². The molecule has 0 radical (unpaired) electrons. The van der Waals surface area contributed by atoms with Gasteiger partial charge in [-0.05, 0) is 11.4 Å². The van der Waals surface area contributed by atoms with E-state index in [-0.39, 0.29) is 0 Å². The van der Waals surface area contributed by atoms with Crippen LogP contribution in [-0.4, -0.2) is 9.55 Å². The van der Waals surface area contributed by atoms with Gasteiger partial charge in [-0.1, -0.05) is 6.07 Å². The molecule has 2 aromatic rings. The highest BCUT2D eigenvalue weighted by atomic mass is 32.1. The minimum atomic E-state index is 0.531. The lowest BCUT2D eigenvalue weighted by Gasteiger charge is -1.99. The second kappa shape index (κ2) is 3.32. The van der Waals surface area contributed by atoms with E-state index < -0.39 is 0 Å². The maximum atomic E-state index is 5.65. The average molecular weight is 193 g/mol. The van der Waals surface area contributed by atoms with Crippen molar-refractivity contribution >= 4 is 11.3 Å². The SMILES string of the molecule is Cn1cnc(-c2cccs2)c1CN. The molecule has 0 saturated carbocycles. The standard InChI is InChI=1S/C9H11N3S/c1-12-6-11-9(7(12)5-10)8-3-2-4-13-8/h2-4,6H,5,10H2,1H3. The van der Waals surface area contributed by atoms with Crippen LogP contribution in [0.2, 0.25) is 0 Å². The molecular weight excluding hydrogens is 182 g/mol. The number of nitrogens with zero attached hydrogens (tertiary/aromatic N) is 2. The van der Waals surface area contributed by atoms with Crippen LogP contribution in [0.1, 0.15) is 5.69 Å². The number of aryl methyl sites for hydroxylation is 1. The number of hydrogen-bond acceptors (Lipinski definition) is 3. The Kier molecular flexibility index (Phi) is 2.16. The van der Waals surface area contributed by atoms with E-state index in [4.69, 9.17) is 5.73 Å². The van der Waals surface area contributed by atoms with Crippen LogP contribution in [0.4, 0.5) is 0 Å². The molecule has 3 nitrogen and oxygen atoms in total. The largest absolute Gasteiger partial charge is 0.336 e. The van der Waals surface area contributed by atoms with Crippen LogP contribution in [-0.2, 0) is 13.6 Å². The van der Waals surface area contributed by atoms with E-state index in [0.717, 1.165) is 11.4 Å². The average Bonchev–Trinajstić information content (AvgIpc) is 2.71. The number of nitrogens with two attached hydrogens (primary N) is 1. The first kappa shape index (κ1) is 8.47. The third kappa shape index (κ3) is 1.38. The lowest BCUT2D eigenvalue weighted by atomic mass is 10.3. The van der Waals surface area contributed by atoms with Gasteiger partial charge >= 0.3 is 0 Å². The van der Waals surface area contributed by atoms with Crippen LogP contribution in [0.15, 0.2) is 23.8 Å². The highest BCUT2D eigenvalue weighted by Crippen LogP contribution is 2.25. The highest BCUT2D eigenvalue weighted by Gasteiger charge is 2.09. The topological polar surface area (TPSA) is 43.8 Å². The van der Waals surface area contributed by atoms with E-state index in [9.17, 15) is 0 Å². The molecule has 13 heavy (non-hydrogen) atoms. The van der Waals surface area contributed by atoms with E-state index in [2.05, 4.69) is 11.1 Å². The van der Waals surface area contributed by atoms with Gasteiger partial charge in [-0.15, -0.1) is 11.3 Å². The molecule has 68 valence electrons. The minimum absolute atomic E-state index is 0.531. The number of imidazole rings is 1. The van der Waals surface area contributed by atoms with Gasteiger partial charge in [0.25, 0.3) is 0 Å². The van der Waals surface area contributed by atoms with Crippen molar-refractivity contribution in [3.05, 3.63) is 29.5 Å². The quantitative estimate of drug-likeness (QED) is 0.787. The fourth-order valence-electron chi connectivity index (χ4n) is 1.32. The maximum absolute atomic E-state index is 5.65. The summed E-state index contributed by atoms with van der Waals surface area (Å²) < 4.78 is 1.97. The summed E-state index contributed by atoms with van der Waals surface area (Å²) in [5, 5.41) is 2.05. The summed E-state index contributed by atoms with van der Waals surface area (Å²) in [5.74, 6) is 0. The van der Waals surface area contributed by atoms with Gasteiger partial charge in [0.2, 0.25) is 0 Å². The third-order valence-electron chi connectivity index (χ3n) is 2.01. The van der Waals surface area contributed by atoms with E-state index in [1.807, 2.05) is 23.1 Å². The van der Waals surface area contributed by atoms with Crippen LogP contribution in [0, 0.1) is 0 Å². The lowest BCUT2D eigenvalue weighted by molar-refractivity contribution is 0.822. The molecular formula is C9H11N3S. The molecule has 0 aliphatic rings. The molecule has 2 aromatic heterocycles. The van der Waals surface area contributed by atoms with Crippen molar-refractivity contribution in [3.63, 3.8) is 0 Å². The van der Waals surface area contributed by atoms with Crippen LogP contribution in [0.5, 0.6) is 0 Å². The van der Waals surface area contributed by atoms with Crippen LogP contribution in [0.25, 0.3) is 10.6 Å². The Morgan fingerprint density at radius 3 is 3.08 bits per heavy atom. The van der Waals surface area contributed by atoms with Gasteiger partial charge in [0.05, 0.1) is 16.9 Å². The number of rotatable bonds is 2. The van der Waals surface area contributed by atoms with Crippen molar-refractivity contribution in [2.75, 3.05) is 0 Å². The predicted molar refractivity (Wildman–Crippen MR) is 54.4 cm³/mol. The second-order valence-corrected chi connectivity index (χ2v) is 3.78. The third-order valence-corrected chi connectivity index (χ3v) is 2.88. The molecule has 0 fully saturated rings. The molecule has 0 spiro atoms. The fourth-order valence-corrected chi connectivity index (χ4v) is 2.06. The first-order valence-electron chi connectivity index (χ1n) is 4.07. The summed E-state index contributed by atoms with van der Waals surface area (Å²) in [5.41, 5.74) is 7.75. The lowest BCUT2D eigenvalue weighted by Crippen LogP contribution is -2.03. The zero-order valence-corrected chi connectivity index (χ0v) is 8.21. The minimum Gasteiger partial charge on any atom is -0.336 e. The first-order chi connectivity index (χ1) is 6.33. The summed E-state index contributed by atoms with van der Waals surface area (Å²) in [4.78, 5) is 5.50. The Morgan fingerprint density at radius 2 is 2.46 bits per heavy atom. The first-order valence-corrected chi connectivity index (χ1v) is 4.95. The van der Waals surface area contributed by atoms with Gasteiger partial charge in [0, 0.05) is 13.6 Å². The molecule has 4 heteroatoms. The van der Waals surface area contributed by atoms with Gasteiger partial charge in [0.1, 0.15) is 5.69 Å². The van der Waals surface area contributed by atoms with E-state index in [1.165, 1.54) is 4.88 Å².